The lowest BCUT2D eigenvalue weighted by atomic mass is 10.2. The van der Waals surface area contributed by atoms with E-state index < -0.39 is 30.1 Å². The van der Waals surface area contributed by atoms with E-state index in [-0.39, 0.29) is 12.8 Å². The van der Waals surface area contributed by atoms with E-state index in [0.29, 0.717) is 0 Å². The molecule has 0 fully saturated rings. The number of carbonyl (C=O) groups is 3. The molecule has 0 aromatic carbocycles. The quantitative estimate of drug-likeness (QED) is 0.554. The fraction of sp³-hybridized carbons (Fsp3) is 0.571. The third-order valence-electron chi connectivity index (χ3n) is 1.23. The average molecular weight is 261 g/mol. The highest BCUT2D eigenvalue weighted by atomic mass is 19.4. The van der Waals surface area contributed by atoms with Gasteiger partial charge in [-0.25, -0.2) is 4.79 Å². The molecule has 0 aromatic heterocycles. The molecule has 0 aliphatic heterocycles. The second kappa shape index (κ2) is 7.44. The lowest BCUT2D eigenvalue weighted by Gasteiger charge is -2.01. The van der Waals surface area contributed by atoms with Gasteiger partial charge in [-0.3, -0.25) is 9.59 Å². The van der Waals surface area contributed by atoms with Crippen LogP contribution in [0.5, 0.6) is 0 Å². The van der Waals surface area contributed by atoms with Crippen molar-refractivity contribution in [2.24, 2.45) is 5.73 Å². The Balaban J connectivity index is 0. The molecule has 0 aromatic rings. The SMILES string of the molecule is NC(CCC(=O)O)C(=O)O.O=C(O)C(F)(F)F. The predicted molar refractivity (Wildman–Crippen MR) is 46.2 cm³/mol. The van der Waals surface area contributed by atoms with Gasteiger partial charge in [0.1, 0.15) is 6.04 Å². The minimum absolute atomic E-state index is 0.0231. The van der Waals surface area contributed by atoms with Crippen LogP contribution in [0.2, 0.25) is 0 Å². The Kier molecular flexibility index (Phi) is 7.68. The molecule has 1 atom stereocenters. The van der Waals surface area contributed by atoms with Crippen LogP contribution < -0.4 is 5.73 Å². The van der Waals surface area contributed by atoms with E-state index in [0.717, 1.165) is 0 Å². The van der Waals surface area contributed by atoms with E-state index in [1.165, 1.54) is 0 Å². The molecule has 7 nitrogen and oxygen atoms in total. The van der Waals surface area contributed by atoms with Gasteiger partial charge in [0.15, 0.2) is 0 Å². The molecule has 0 saturated heterocycles. The number of carboxylic acids is 3. The average Bonchev–Trinajstić information content (AvgIpc) is 2.13. The molecule has 0 bridgehead atoms. The van der Waals surface area contributed by atoms with Gasteiger partial charge in [0, 0.05) is 6.42 Å². The summed E-state index contributed by atoms with van der Waals surface area (Å²) in [6.45, 7) is 0. The largest absolute Gasteiger partial charge is 0.490 e. The summed E-state index contributed by atoms with van der Waals surface area (Å²) in [5, 5.41) is 23.4. The van der Waals surface area contributed by atoms with E-state index >= 15 is 0 Å². The number of halogens is 3. The molecule has 0 radical (unpaired) electrons. The molecule has 0 heterocycles. The summed E-state index contributed by atoms with van der Waals surface area (Å²) in [5.74, 6) is -4.95. The van der Waals surface area contributed by atoms with Crippen LogP contribution >= 0.6 is 0 Å². The normalized spacial score (nSPS) is 12.0. The van der Waals surface area contributed by atoms with Gasteiger partial charge in [-0.2, -0.15) is 13.2 Å². The van der Waals surface area contributed by atoms with Gasteiger partial charge < -0.3 is 21.1 Å². The zero-order valence-corrected chi connectivity index (χ0v) is 8.27. The summed E-state index contributed by atoms with van der Waals surface area (Å²) in [4.78, 5) is 28.8. The molecular formula is C7H10F3NO6. The third kappa shape index (κ3) is 12.1. The Bertz CT molecular complexity index is 290. The van der Waals surface area contributed by atoms with E-state index in [9.17, 15) is 22.8 Å². The van der Waals surface area contributed by atoms with Crippen LogP contribution in [0.3, 0.4) is 0 Å². The van der Waals surface area contributed by atoms with E-state index in [4.69, 9.17) is 25.8 Å². The van der Waals surface area contributed by atoms with Crippen molar-refractivity contribution in [3.8, 4) is 0 Å². The molecule has 0 rings (SSSR count). The Morgan fingerprint density at radius 1 is 1.12 bits per heavy atom. The highest BCUT2D eigenvalue weighted by Crippen LogP contribution is 2.13. The second-order valence-corrected chi connectivity index (χ2v) is 2.68. The molecular weight excluding hydrogens is 251 g/mol. The number of nitrogens with two attached hydrogens (primary N) is 1. The number of alkyl halides is 3. The van der Waals surface area contributed by atoms with Crippen LogP contribution in [0.15, 0.2) is 0 Å². The van der Waals surface area contributed by atoms with E-state index in [1.807, 2.05) is 0 Å². The number of aliphatic carboxylic acids is 3. The summed E-state index contributed by atoms with van der Waals surface area (Å²) >= 11 is 0. The first-order valence-electron chi connectivity index (χ1n) is 3.98. The first-order chi connectivity index (χ1) is 7.48. The van der Waals surface area contributed by atoms with Crippen molar-refractivity contribution in [2.75, 3.05) is 0 Å². The lowest BCUT2D eigenvalue weighted by Crippen LogP contribution is -2.30. The summed E-state index contributed by atoms with van der Waals surface area (Å²) in [7, 11) is 0. The Morgan fingerprint density at radius 2 is 1.47 bits per heavy atom. The van der Waals surface area contributed by atoms with Crippen molar-refractivity contribution < 1.29 is 42.9 Å². The summed E-state index contributed by atoms with van der Waals surface area (Å²) < 4.78 is 31.7. The van der Waals surface area contributed by atoms with Gasteiger partial charge in [0.05, 0.1) is 0 Å². The van der Waals surface area contributed by atoms with Crippen LogP contribution in [0.1, 0.15) is 12.8 Å². The number of rotatable bonds is 4. The fourth-order valence-electron chi connectivity index (χ4n) is 0.402. The zero-order chi connectivity index (χ0) is 14.2. The maximum Gasteiger partial charge on any atom is 0.490 e. The summed E-state index contributed by atoms with van der Waals surface area (Å²) in [6.07, 6.45) is -5.31. The monoisotopic (exact) mass is 261 g/mol. The number of hydrogen-bond acceptors (Lipinski definition) is 4. The lowest BCUT2D eigenvalue weighted by molar-refractivity contribution is -0.192. The maximum atomic E-state index is 10.6. The highest BCUT2D eigenvalue weighted by Gasteiger charge is 2.38. The number of hydrogen-bond donors (Lipinski definition) is 4. The van der Waals surface area contributed by atoms with Crippen molar-refractivity contribution in [3.63, 3.8) is 0 Å². The minimum atomic E-state index is -5.08. The van der Waals surface area contributed by atoms with Crippen molar-refractivity contribution in [3.05, 3.63) is 0 Å². The van der Waals surface area contributed by atoms with Gasteiger partial charge >= 0.3 is 24.1 Å². The molecule has 1 unspecified atom stereocenters. The molecule has 10 heteroatoms. The molecule has 5 N–H and O–H groups in total. The molecule has 17 heavy (non-hydrogen) atoms. The van der Waals surface area contributed by atoms with Crippen LogP contribution in [0.4, 0.5) is 13.2 Å². The highest BCUT2D eigenvalue weighted by molar-refractivity contribution is 5.74. The smallest absolute Gasteiger partial charge is 0.481 e. The molecule has 0 aliphatic rings. The molecule has 0 spiro atoms. The van der Waals surface area contributed by atoms with Crippen LogP contribution in [-0.4, -0.2) is 45.4 Å². The van der Waals surface area contributed by atoms with Crippen molar-refractivity contribution in [2.45, 2.75) is 25.1 Å². The third-order valence-corrected chi connectivity index (χ3v) is 1.23. The molecule has 0 saturated carbocycles. The van der Waals surface area contributed by atoms with Crippen molar-refractivity contribution >= 4 is 17.9 Å². The van der Waals surface area contributed by atoms with Crippen molar-refractivity contribution in [1.29, 1.82) is 0 Å². The van der Waals surface area contributed by atoms with Gasteiger partial charge in [0.25, 0.3) is 0 Å². The van der Waals surface area contributed by atoms with Gasteiger partial charge in [-0.1, -0.05) is 0 Å². The standard InChI is InChI=1S/C5H9NO4.C2HF3O2/c6-3(5(9)10)1-2-4(7)8;3-2(4,5)1(6)7/h3H,1-2,6H2,(H,7,8)(H,9,10);(H,6,7). The minimum Gasteiger partial charge on any atom is -0.481 e. The molecule has 100 valence electrons. The summed E-state index contributed by atoms with van der Waals surface area (Å²) in [6, 6.07) is -1.06. The van der Waals surface area contributed by atoms with E-state index in [1.54, 1.807) is 0 Å². The maximum absolute atomic E-state index is 10.6. The Hall–Kier alpha value is -1.84. The van der Waals surface area contributed by atoms with Crippen molar-refractivity contribution in [1.82, 2.24) is 0 Å². The van der Waals surface area contributed by atoms with Gasteiger partial charge in [0.2, 0.25) is 0 Å². The van der Waals surface area contributed by atoms with E-state index in [2.05, 4.69) is 0 Å². The topological polar surface area (TPSA) is 138 Å². The molecule has 0 aliphatic carbocycles. The fourth-order valence-corrected chi connectivity index (χ4v) is 0.402. The first kappa shape index (κ1) is 17.6. The zero-order valence-electron chi connectivity index (χ0n) is 8.27. The van der Waals surface area contributed by atoms with Crippen LogP contribution in [-0.2, 0) is 14.4 Å². The Labute approximate surface area is 92.6 Å². The first-order valence-corrected chi connectivity index (χ1v) is 3.98. The number of carboxylic acid groups (broad SMARTS) is 3. The summed E-state index contributed by atoms with van der Waals surface area (Å²) in [5.41, 5.74) is 5.00. The second-order valence-electron chi connectivity index (χ2n) is 2.68. The van der Waals surface area contributed by atoms with Gasteiger partial charge in [-0.05, 0) is 6.42 Å². The predicted octanol–water partition coefficient (Wildman–Crippen LogP) is -0.104. The van der Waals surface area contributed by atoms with Gasteiger partial charge in [-0.15, -0.1) is 0 Å². The molecule has 0 amide bonds. The van der Waals surface area contributed by atoms with Crippen LogP contribution in [0.25, 0.3) is 0 Å². The van der Waals surface area contributed by atoms with Crippen LogP contribution in [0, 0.1) is 0 Å². The Morgan fingerprint density at radius 3 is 1.65 bits per heavy atom.